The Morgan fingerprint density at radius 2 is 2.06 bits per heavy atom. The van der Waals surface area contributed by atoms with Crippen molar-refractivity contribution in [1.82, 2.24) is 0 Å². The Labute approximate surface area is 124 Å². The second-order valence-corrected chi connectivity index (χ2v) is 6.03. The quantitative estimate of drug-likeness (QED) is 0.848. The molecule has 1 N–H and O–H groups in total. The van der Waals surface area contributed by atoms with Gasteiger partial charge in [-0.2, -0.15) is 0 Å². The maximum absolute atomic E-state index is 9.10. The molecule has 3 nitrogen and oxygen atoms in total. The summed E-state index contributed by atoms with van der Waals surface area (Å²) in [5, 5.41) is 9.10. The average Bonchev–Trinajstić information content (AvgIpc) is 2.85. The molecule has 1 aromatic carbocycles. The first-order valence-electron chi connectivity index (χ1n) is 6.04. The van der Waals surface area contributed by atoms with Crippen LogP contribution in [0.4, 0.5) is 0 Å². The normalized spacial score (nSPS) is 19.2. The van der Waals surface area contributed by atoms with Crippen molar-refractivity contribution in [2.24, 2.45) is 0 Å². The van der Waals surface area contributed by atoms with Crippen molar-refractivity contribution >= 4 is 31.9 Å². The first-order valence-corrected chi connectivity index (χ1v) is 7.62. The van der Waals surface area contributed by atoms with Crippen molar-refractivity contribution in [3.63, 3.8) is 0 Å². The molecule has 1 unspecified atom stereocenters. The molecule has 1 atom stereocenters. The van der Waals surface area contributed by atoms with Crippen LogP contribution in [0.15, 0.2) is 21.1 Å². The Kier molecular flexibility index (Phi) is 5.48. The van der Waals surface area contributed by atoms with Crippen LogP contribution in [-0.2, 0) is 11.3 Å². The Morgan fingerprint density at radius 3 is 2.61 bits per heavy atom. The van der Waals surface area contributed by atoms with Crippen LogP contribution in [0.2, 0.25) is 0 Å². The lowest BCUT2D eigenvalue weighted by Crippen LogP contribution is -2.11. The summed E-state index contributed by atoms with van der Waals surface area (Å²) in [5.74, 6) is 0.783. The minimum atomic E-state index is 0.0212. The second kappa shape index (κ2) is 6.89. The van der Waals surface area contributed by atoms with E-state index in [1.165, 1.54) is 0 Å². The fourth-order valence-corrected chi connectivity index (χ4v) is 3.52. The van der Waals surface area contributed by atoms with Crippen LogP contribution >= 0.6 is 31.9 Å². The lowest BCUT2D eigenvalue weighted by atomic mass is 10.2. The van der Waals surface area contributed by atoms with E-state index < -0.39 is 0 Å². The number of benzene rings is 1. The molecule has 1 heterocycles. The largest absolute Gasteiger partial charge is 0.491 e. The summed E-state index contributed by atoms with van der Waals surface area (Å²) in [4.78, 5) is 0. The van der Waals surface area contributed by atoms with E-state index in [0.29, 0.717) is 12.7 Å². The van der Waals surface area contributed by atoms with Gasteiger partial charge in [0.05, 0.1) is 28.3 Å². The highest BCUT2D eigenvalue weighted by Crippen LogP contribution is 2.35. The van der Waals surface area contributed by atoms with Gasteiger partial charge in [0, 0.05) is 13.0 Å². The number of hydrogen-bond acceptors (Lipinski definition) is 3. The molecule has 5 heteroatoms. The second-order valence-electron chi connectivity index (χ2n) is 4.32. The average molecular weight is 380 g/mol. The van der Waals surface area contributed by atoms with Crippen molar-refractivity contribution in [2.45, 2.75) is 32.0 Å². The summed E-state index contributed by atoms with van der Waals surface area (Å²) < 4.78 is 13.0. The zero-order valence-electron chi connectivity index (χ0n) is 9.99. The number of rotatable bonds is 5. The SMILES string of the molecule is OCc1cc(Br)c(OCCC2CCCO2)c(Br)c1. The van der Waals surface area contributed by atoms with Gasteiger partial charge in [-0.05, 0) is 62.4 Å². The number of aliphatic hydroxyl groups is 1. The number of halogens is 2. The third-order valence-electron chi connectivity index (χ3n) is 2.95. The highest BCUT2D eigenvalue weighted by atomic mass is 79.9. The van der Waals surface area contributed by atoms with E-state index in [2.05, 4.69) is 31.9 Å². The summed E-state index contributed by atoms with van der Waals surface area (Å²) in [7, 11) is 0. The standard InChI is InChI=1S/C13H16Br2O3/c14-11-6-9(8-16)7-12(15)13(11)18-5-3-10-2-1-4-17-10/h6-7,10,16H,1-5,8H2. The van der Waals surface area contributed by atoms with Gasteiger partial charge in [0.25, 0.3) is 0 Å². The van der Waals surface area contributed by atoms with Crippen LogP contribution in [0.3, 0.4) is 0 Å². The van der Waals surface area contributed by atoms with Gasteiger partial charge in [0.15, 0.2) is 0 Å². The molecule has 0 bridgehead atoms. The van der Waals surface area contributed by atoms with E-state index in [-0.39, 0.29) is 6.61 Å². The topological polar surface area (TPSA) is 38.7 Å². The van der Waals surface area contributed by atoms with Crippen LogP contribution in [0.25, 0.3) is 0 Å². The molecule has 0 aromatic heterocycles. The maximum atomic E-state index is 9.10. The smallest absolute Gasteiger partial charge is 0.147 e. The molecule has 0 saturated carbocycles. The molecule has 0 aliphatic carbocycles. The highest BCUT2D eigenvalue weighted by molar-refractivity contribution is 9.11. The first-order chi connectivity index (χ1) is 8.70. The molecule has 1 saturated heterocycles. The lowest BCUT2D eigenvalue weighted by Gasteiger charge is -2.13. The van der Waals surface area contributed by atoms with Crippen molar-refractivity contribution in [2.75, 3.05) is 13.2 Å². The van der Waals surface area contributed by atoms with Gasteiger partial charge in [-0.1, -0.05) is 0 Å². The zero-order chi connectivity index (χ0) is 13.0. The maximum Gasteiger partial charge on any atom is 0.147 e. The van der Waals surface area contributed by atoms with E-state index in [1.807, 2.05) is 12.1 Å². The number of aliphatic hydroxyl groups excluding tert-OH is 1. The van der Waals surface area contributed by atoms with E-state index >= 15 is 0 Å². The molecule has 1 fully saturated rings. The number of hydrogen-bond donors (Lipinski definition) is 1. The Bertz CT molecular complexity index is 380. The van der Waals surface area contributed by atoms with Crippen LogP contribution in [0, 0.1) is 0 Å². The molecule has 2 rings (SSSR count). The predicted octanol–water partition coefficient (Wildman–Crippen LogP) is 3.65. The zero-order valence-corrected chi connectivity index (χ0v) is 13.2. The van der Waals surface area contributed by atoms with Gasteiger partial charge in [-0.3, -0.25) is 0 Å². The third-order valence-corrected chi connectivity index (χ3v) is 4.13. The number of ether oxygens (including phenoxy) is 2. The minimum absolute atomic E-state index is 0.0212. The molecule has 18 heavy (non-hydrogen) atoms. The summed E-state index contributed by atoms with van der Waals surface area (Å²) >= 11 is 6.91. The summed E-state index contributed by atoms with van der Waals surface area (Å²) in [6.07, 6.45) is 3.55. The van der Waals surface area contributed by atoms with Gasteiger partial charge in [0.1, 0.15) is 5.75 Å². The van der Waals surface area contributed by atoms with E-state index in [4.69, 9.17) is 14.6 Å². The van der Waals surface area contributed by atoms with Gasteiger partial charge >= 0.3 is 0 Å². The fraction of sp³-hybridized carbons (Fsp3) is 0.538. The van der Waals surface area contributed by atoms with Crippen LogP contribution < -0.4 is 4.74 Å². The third kappa shape index (κ3) is 3.70. The van der Waals surface area contributed by atoms with Crippen LogP contribution in [0.1, 0.15) is 24.8 Å². The van der Waals surface area contributed by atoms with Gasteiger partial charge in [-0.25, -0.2) is 0 Å². The van der Waals surface area contributed by atoms with Crippen molar-refractivity contribution in [1.29, 1.82) is 0 Å². The van der Waals surface area contributed by atoms with Crippen molar-refractivity contribution < 1.29 is 14.6 Å². The van der Waals surface area contributed by atoms with Crippen LogP contribution in [-0.4, -0.2) is 24.4 Å². The molecule has 100 valence electrons. The Hall–Kier alpha value is -0.100. The fourth-order valence-electron chi connectivity index (χ4n) is 2.01. The molecule has 0 radical (unpaired) electrons. The van der Waals surface area contributed by atoms with E-state index in [0.717, 1.165) is 46.1 Å². The molecule has 1 aliphatic rings. The highest BCUT2D eigenvalue weighted by Gasteiger charge is 2.16. The van der Waals surface area contributed by atoms with Crippen LogP contribution in [0.5, 0.6) is 5.75 Å². The van der Waals surface area contributed by atoms with E-state index in [9.17, 15) is 0 Å². The molecular formula is C13H16Br2O3. The molecular weight excluding hydrogens is 364 g/mol. The molecule has 1 aromatic rings. The monoisotopic (exact) mass is 378 g/mol. The summed E-state index contributed by atoms with van der Waals surface area (Å²) in [6, 6.07) is 3.73. The molecule has 0 spiro atoms. The van der Waals surface area contributed by atoms with Crippen molar-refractivity contribution in [3.8, 4) is 5.75 Å². The van der Waals surface area contributed by atoms with Gasteiger partial charge < -0.3 is 14.6 Å². The molecule has 0 amide bonds. The Morgan fingerprint density at radius 1 is 1.33 bits per heavy atom. The lowest BCUT2D eigenvalue weighted by molar-refractivity contribution is 0.0901. The predicted molar refractivity (Wildman–Crippen MR) is 76.9 cm³/mol. The van der Waals surface area contributed by atoms with Crippen molar-refractivity contribution in [3.05, 3.63) is 26.6 Å². The molecule has 1 aliphatic heterocycles. The first kappa shape index (κ1) is 14.3. The summed E-state index contributed by atoms with van der Waals surface area (Å²) in [6.45, 7) is 1.54. The summed E-state index contributed by atoms with van der Waals surface area (Å²) in [5.41, 5.74) is 0.847. The minimum Gasteiger partial charge on any atom is -0.491 e. The van der Waals surface area contributed by atoms with Gasteiger partial charge in [-0.15, -0.1) is 0 Å². The van der Waals surface area contributed by atoms with E-state index in [1.54, 1.807) is 0 Å². The Balaban J connectivity index is 1.92. The van der Waals surface area contributed by atoms with Gasteiger partial charge in [0.2, 0.25) is 0 Å².